The van der Waals surface area contributed by atoms with Gasteiger partial charge in [-0.1, -0.05) is 83.3 Å². The second kappa shape index (κ2) is 12.8. The highest BCUT2D eigenvalue weighted by Crippen LogP contribution is 2.32. The van der Waals surface area contributed by atoms with E-state index in [2.05, 4.69) is 13.0 Å². The molecule has 0 saturated carbocycles. The molecular weight excluding hydrogens is 313 g/mol. The maximum absolute atomic E-state index is 12.1. The second-order valence-electron chi connectivity index (χ2n) is 7.05. The molecule has 0 amide bonds. The summed E-state index contributed by atoms with van der Waals surface area (Å²) in [6, 6.07) is 0. The van der Waals surface area contributed by atoms with Crippen LogP contribution in [0.15, 0.2) is 12.2 Å². The van der Waals surface area contributed by atoms with Gasteiger partial charge in [0.2, 0.25) is 0 Å². The van der Waals surface area contributed by atoms with Crippen molar-refractivity contribution in [2.75, 3.05) is 0 Å². The third-order valence-electron chi connectivity index (χ3n) is 4.63. The predicted octanol–water partition coefficient (Wildman–Crippen LogP) is 7.35. The third-order valence-corrected chi connectivity index (χ3v) is 4.63. The van der Waals surface area contributed by atoms with Crippen LogP contribution >= 0.6 is 0 Å². The summed E-state index contributed by atoms with van der Waals surface area (Å²) in [7, 11) is 0. The number of hydrogen-bond acceptors (Lipinski definition) is 1. The van der Waals surface area contributed by atoms with Crippen molar-refractivity contribution in [2.45, 2.75) is 115 Å². The van der Waals surface area contributed by atoms with Crippen LogP contribution in [0.2, 0.25) is 0 Å². The van der Waals surface area contributed by atoms with Gasteiger partial charge in [-0.25, -0.2) is 0 Å². The fourth-order valence-corrected chi connectivity index (χ4v) is 3.02. The van der Waals surface area contributed by atoms with Crippen LogP contribution in [0.3, 0.4) is 0 Å². The molecule has 0 N–H and O–H groups in total. The first kappa shape index (κ1) is 21.5. The number of ether oxygens (including phenoxy) is 1. The van der Waals surface area contributed by atoms with E-state index in [1.165, 1.54) is 70.6 Å². The molecule has 0 aromatic carbocycles. The van der Waals surface area contributed by atoms with Crippen molar-refractivity contribution >= 4 is 0 Å². The number of epoxide rings is 1. The summed E-state index contributed by atoms with van der Waals surface area (Å²) in [4.78, 5) is 0. The summed E-state index contributed by atoms with van der Waals surface area (Å²) in [5.41, 5.74) is 0. The summed E-state index contributed by atoms with van der Waals surface area (Å²) >= 11 is 0. The Hall–Kier alpha value is -0.510. The van der Waals surface area contributed by atoms with E-state index in [9.17, 15) is 13.2 Å². The van der Waals surface area contributed by atoms with E-state index in [0.29, 0.717) is 0 Å². The summed E-state index contributed by atoms with van der Waals surface area (Å²) < 4.78 is 41.4. The van der Waals surface area contributed by atoms with Crippen molar-refractivity contribution in [3.63, 3.8) is 0 Å². The zero-order valence-corrected chi connectivity index (χ0v) is 15.3. The molecule has 0 spiro atoms. The maximum atomic E-state index is 12.1. The Labute approximate surface area is 146 Å². The number of halogens is 3. The highest BCUT2D eigenvalue weighted by Gasteiger charge is 2.39. The minimum absolute atomic E-state index is 0.0694. The molecule has 0 radical (unpaired) electrons. The fourth-order valence-electron chi connectivity index (χ4n) is 3.02. The van der Waals surface area contributed by atoms with Crippen molar-refractivity contribution in [1.29, 1.82) is 0 Å². The Morgan fingerprint density at radius 2 is 1.38 bits per heavy atom. The predicted molar refractivity (Wildman–Crippen MR) is 94.2 cm³/mol. The lowest BCUT2D eigenvalue weighted by Gasteiger charge is -2.02. The smallest absolute Gasteiger partial charge is 0.365 e. The number of allylic oxidation sites excluding steroid dienone is 1. The van der Waals surface area contributed by atoms with E-state index < -0.39 is 12.6 Å². The number of hydrogen-bond donors (Lipinski definition) is 0. The molecule has 1 aliphatic heterocycles. The number of alkyl halides is 3. The molecular formula is C20H35F3O. The van der Waals surface area contributed by atoms with E-state index in [1.807, 2.05) is 6.08 Å². The van der Waals surface area contributed by atoms with E-state index in [-0.39, 0.29) is 18.6 Å². The first-order valence-corrected chi connectivity index (χ1v) is 9.92. The lowest BCUT2D eigenvalue weighted by atomic mass is 10.1. The van der Waals surface area contributed by atoms with E-state index in [1.54, 1.807) is 0 Å². The highest BCUT2D eigenvalue weighted by atomic mass is 19.4. The van der Waals surface area contributed by atoms with Gasteiger partial charge in [0, 0.05) is 6.42 Å². The molecule has 24 heavy (non-hydrogen) atoms. The van der Waals surface area contributed by atoms with E-state index >= 15 is 0 Å². The highest BCUT2D eigenvalue weighted by molar-refractivity contribution is 5.02. The standard InChI is InChI=1S/C20H35F3O/c1-2-3-4-5-6-7-8-9-10-11-12-13-14-15-18-19(24-18)16-17-20(21,22)23/h14-15,18-19H,2-13,16-17H2,1H3/t18-,19-/m1/s1. The molecule has 1 aliphatic rings. The van der Waals surface area contributed by atoms with Crippen molar-refractivity contribution in [1.82, 2.24) is 0 Å². The van der Waals surface area contributed by atoms with Gasteiger partial charge < -0.3 is 4.74 Å². The van der Waals surface area contributed by atoms with Crippen molar-refractivity contribution in [2.24, 2.45) is 0 Å². The fraction of sp³-hybridized carbons (Fsp3) is 0.900. The molecule has 1 fully saturated rings. The summed E-state index contributed by atoms with van der Waals surface area (Å²) in [6.45, 7) is 2.25. The minimum Gasteiger partial charge on any atom is -0.365 e. The molecule has 0 aromatic rings. The molecule has 2 atom stereocenters. The molecule has 0 aliphatic carbocycles. The second-order valence-corrected chi connectivity index (χ2v) is 7.05. The lowest BCUT2D eigenvalue weighted by Crippen LogP contribution is -2.08. The van der Waals surface area contributed by atoms with Crippen molar-refractivity contribution in [3.8, 4) is 0 Å². The summed E-state index contributed by atoms with van der Waals surface area (Å²) in [5, 5.41) is 0. The molecule has 1 saturated heterocycles. The van der Waals surface area contributed by atoms with E-state index in [0.717, 1.165) is 6.42 Å². The molecule has 142 valence electrons. The normalized spacial score (nSPS) is 20.8. The van der Waals surface area contributed by atoms with Crippen LogP contribution in [-0.4, -0.2) is 18.4 Å². The van der Waals surface area contributed by atoms with E-state index in [4.69, 9.17) is 4.74 Å². The van der Waals surface area contributed by atoms with Gasteiger partial charge in [0.1, 0.15) is 6.10 Å². The van der Waals surface area contributed by atoms with Gasteiger partial charge >= 0.3 is 6.18 Å². The molecule has 1 heterocycles. The van der Waals surface area contributed by atoms with Crippen molar-refractivity contribution < 1.29 is 17.9 Å². The molecule has 1 rings (SSSR count). The lowest BCUT2D eigenvalue weighted by molar-refractivity contribution is -0.136. The monoisotopic (exact) mass is 348 g/mol. The van der Waals surface area contributed by atoms with Crippen LogP contribution in [0.4, 0.5) is 13.2 Å². The Morgan fingerprint density at radius 3 is 1.92 bits per heavy atom. The summed E-state index contributed by atoms with van der Waals surface area (Å²) in [6.07, 6.45) is 14.7. The van der Waals surface area contributed by atoms with Gasteiger partial charge in [-0.05, 0) is 19.3 Å². The molecule has 0 unspecified atom stereocenters. The first-order valence-electron chi connectivity index (χ1n) is 9.92. The number of rotatable bonds is 15. The largest absolute Gasteiger partial charge is 0.389 e. The molecule has 4 heteroatoms. The summed E-state index contributed by atoms with van der Waals surface area (Å²) in [5.74, 6) is 0. The Morgan fingerprint density at radius 1 is 0.833 bits per heavy atom. The Kier molecular flexibility index (Phi) is 11.5. The average Bonchev–Trinajstić information content (AvgIpc) is 3.28. The zero-order valence-electron chi connectivity index (χ0n) is 15.3. The quantitative estimate of drug-likeness (QED) is 0.171. The maximum Gasteiger partial charge on any atom is 0.389 e. The van der Waals surface area contributed by atoms with Crippen LogP contribution < -0.4 is 0 Å². The minimum atomic E-state index is -4.06. The van der Waals surface area contributed by atoms with Crippen LogP contribution in [0.1, 0.15) is 96.8 Å². The van der Waals surface area contributed by atoms with Gasteiger partial charge in [0.15, 0.2) is 0 Å². The third kappa shape index (κ3) is 12.9. The van der Waals surface area contributed by atoms with Crippen LogP contribution in [0, 0.1) is 0 Å². The van der Waals surface area contributed by atoms with Crippen molar-refractivity contribution in [3.05, 3.63) is 12.2 Å². The Balaban J connectivity index is 1.80. The topological polar surface area (TPSA) is 12.5 Å². The molecule has 0 bridgehead atoms. The van der Waals surface area contributed by atoms with Gasteiger partial charge in [-0.3, -0.25) is 0 Å². The van der Waals surface area contributed by atoms with Crippen LogP contribution in [0.25, 0.3) is 0 Å². The van der Waals surface area contributed by atoms with Crippen LogP contribution in [-0.2, 0) is 4.74 Å². The zero-order chi connectivity index (χ0) is 17.7. The Bertz CT molecular complexity index is 325. The van der Waals surface area contributed by atoms with Crippen LogP contribution in [0.5, 0.6) is 0 Å². The van der Waals surface area contributed by atoms with Gasteiger partial charge in [0.25, 0.3) is 0 Å². The SMILES string of the molecule is CCCCCCCCCCCCCC=C[C@H]1O[C@@H]1CCC(F)(F)F. The van der Waals surface area contributed by atoms with Gasteiger partial charge in [-0.15, -0.1) is 0 Å². The first-order chi connectivity index (χ1) is 11.5. The average molecular weight is 348 g/mol. The van der Waals surface area contributed by atoms with Gasteiger partial charge in [-0.2, -0.15) is 13.2 Å². The molecule has 1 nitrogen and oxygen atoms in total. The number of unbranched alkanes of at least 4 members (excludes halogenated alkanes) is 11. The molecule has 0 aromatic heterocycles. The van der Waals surface area contributed by atoms with Gasteiger partial charge in [0.05, 0.1) is 6.10 Å².